The van der Waals surface area contributed by atoms with Gasteiger partial charge in [-0.15, -0.1) is 0 Å². The Labute approximate surface area is 115 Å². The van der Waals surface area contributed by atoms with Crippen molar-refractivity contribution >= 4 is 20.0 Å². The van der Waals surface area contributed by atoms with Crippen molar-refractivity contribution in [1.29, 1.82) is 0 Å². The Balaban J connectivity index is 2.16. The van der Waals surface area contributed by atoms with Crippen LogP contribution in [0.4, 0.5) is 0 Å². The van der Waals surface area contributed by atoms with Gasteiger partial charge in [0.15, 0.2) is 9.84 Å². The number of hydrogen-bond acceptors (Lipinski definition) is 4. The highest BCUT2D eigenvalue weighted by molar-refractivity contribution is 7.91. The van der Waals surface area contributed by atoms with Crippen molar-refractivity contribution in [3.05, 3.63) is 0 Å². The summed E-state index contributed by atoms with van der Waals surface area (Å²) in [4.78, 5) is 0. The maximum atomic E-state index is 12.6. The molecule has 2 heterocycles. The minimum atomic E-state index is -3.51. The summed E-state index contributed by atoms with van der Waals surface area (Å²) in [7, 11) is -6.57. The molecule has 8 heteroatoms. The van der Waals surface area contributed by atoms with E-state index in [0.717, 1.165) is 19.3 Å². The lowest BCUT2D eigenvalue weighted by atomic mass is 10.2. The van der Waals surface area contributed by atoms with E-state index in [1.165, 1.54) is 8.61 Å². The van der Waals surface area contributed by atoms with E-state index in [1.54, 1.807) is 6.92 Å². The first-order chi connectivity index (χ1) is 8.87. The second-order valence-corrected chi connectivity index (χ2v) is 9.34. The van der Waals surface area contributed by atoms with E-state index >= 15 is 0 Å². The fourth-order valence-corrected chi connectivity index (χ4v) is 6.58. The van der Waals surface area contributed by atoms with Crippen LogP contribution in [0, 0.1) is 0 Å². The third-order valence-corrected chi connectivity index (χ3v) is 7.78. The van der Waals surface area contributed by atoms with E-state index in [2.05, 4.69) is 0 Å². The fourth-order valence-electron chi connectivity index (χ4n) is 2.86. The van der Waals surface area contributed by atoms with Crippen LogP contribution in [0.3, 0.4) is 0 Å². The minimum Gasteiger partial charge on any atom is -0.229 e. The first-order valence-corrected chi connectivity index (χ1v) is 10.1. The highest BCUT2D eigenvalue weighted by Gasteiger charge is 2.39. The first-order valence-electron chi connectivity index (χ1n) is 6.84. The molecule has 0 aromatic heterocycles. The second-order valence-electron chi connectivity index (χ2n) is 5.23. The quantitative estimate of drug-likeness (QED) is 0.745. The molecule has 0 aromatic rings. The van der Waals surface area contributed by atoms with Gasteiger partial charge in [-0.25, -0.2) is 8.42 Å². The molecular weight excluding hydrogens is 288 g/mol. The number of rotatable bonds is 4. The Morgan fingerprint density at radius 3 is 2.32 bits per heavy atom. The van der Waals surface area contributed by atoms with Gasteiger partial charge in [0.2, 0.25) is 0 Å². The van der Waals surface area contributed by atoms with E-state index in [0.29, 0.717) is 26.1 Å². The molecule has 0 radical (unpaired) electrons. The van der Waals surface area contributed by atoms with Gasteiger partial charge in [-0.3, -0.25) is 0 Å². The Hall–Kier alpha value is -0.180. The van der Waals surface area contributed by atoms with Crippen LogP contribution in [0.2, 0.25) is 0 Å². The summed E-state index contributed by atoms with van der Waals surface area (Å²) >= 11 is 0. The highest BCUT2D eigenvalue weighted by atomic mass is 32.2. The summed E-state index contributed by atoms with van der Waals surface area (Å²) in [5.41, 5.74) is 0. The first kappa shape index (κ1) is 15.2. The highest BCUT2D eigenvalue weighted by Crippen LogP contribution is 2.24. The molecule has 0 bridgehead atoms. The van der Waals surface area contributed by atoms with Gasteiger partial charge in [-0.1, -0.05) is 13.3 Å². The zero-order valence-corrected chi connectivity index (χ0v) is 12.9. The smallest absolute Gasteiger partial charge is 0.229 e. The number of piperidine rings is 1. The molecule has 2 fully saturated rings. The van der Waals surface area contributed by atoms with Crippen molar-refractivity contribution < 1.29 is 16.8 Å². The van der Waals surface area contributed by atoms with Gasteiger partial charge < -0.3 is 0 Å². The topological polar surface area (TPSA) is 74.8 Å². The normalized spacial score (nSPS) is 28.8. The molecule has 0 amide bonds. The summed E-state index contributed by atoms with van der Waals surface area (Å²) in [6.07, 6.45) is 3.26. The van der Waals surface area contributed by atoms with Crippen LogP contribution in [0.1, 0.15) is 32.6 Å². The largest absolute Gasteiger partial charge is 0.282 e. The van der Waals surface area contributed by atoms with E-state index < -0.39 is 20.0 Å². The molecule has 2 aliphatic heterocycles. The van der Waals surface area contributed by atoms with Gasteiger partial charge in [0.05, 0.1) is 11.5 Å². The van der Waals surface area contributed by atoms with Gasteiger partial charge >= 0.3 is 0 Å². The van der Waals surface area contributed by atoms with Crippen molar-refractivity contribution in [3.8, 4) is 0 Å². The monoisotopic (exact) mass is 310 g/mol. The maximum absolute atomic E-state index is 12.6. The molecule has 6 nitrogen and oxygen atoms in total. The van der Waals surface area contributed by atoms with Gasteiger partial charge in [0.1, 0.15) is 0 Å². The predicted octanol–water partition coefficient (Wildman–Crippen LogP) is 0.226. The molecule has 1 unspecified atom stereocenters. The maximum Gasteiger partial charge on any atom is 0.282 e. The standard InChI is InChI=1S/C11H22N2O4S2/c1-2-13(11-6-9-18(14,15)10-11)19(16,17)12-7-4-3-5-8-12/h11H,2-10H2,1H3. The van der Waals surface area contributed by atoms with Crippen LogP contribution in [0.15, 0.2) is 0 Å². The molecule has 2 aliphatic rings. The van der Waals surface area contributed by atoms with E-state index in [4.69, 9.17) is 0 Å². The lowest BCUT2D eigenvalue weighted by Crippen LogP contribution is -2.50. The van der Waals surface area contributed by atoms with Gasteiger partial charge in [0, 0.05) is 25.7 Å². The summed E-state index contributed by atoms with van der Waals surface area (Å²) in [5, 5.41) is 0. The summed E-state index contributed by atoms with van der Waals surface area (Å²) in [6.45, 7) is 3.21. The van der Waals surface area contributed by atoms with Crippen molar-refractivity contribution in [2.45, 2.75) is 38.6 Å². The van der Waals surface area contributed by atoms with Crippen LogP contribution in [-0.4, -0.2) is 62.6 Å². The molecule has 0 saturated carbocycles. The fraction of sp³-hybridized carbons (Fsp3) is 1.00. The van der Waals surface area contributed by atoms with E-state index in [9.17, 15) is 16.8 Å². The number of nitrogens with zero attached hydrogens (tertiary/aromatic N) is 2. The summed E-state index contributed by atoms with van der Waals surface area (Å²) in [5.74, 6) is 0.0671. The second kappa shape index (κ2) is 5.67. The molecule has 0 aromatic carbocycles. The van der Waals surface area contributed by atoms with Gasteiger partial charge in [-0.05, 0) is 19.3 Å². The minimum absolute atomic E-state index is 0.0338. The lowest BCUT2D eigenvalue weighted by molar-refractivity contribution is 0.281. The molecule has 0 spiro atoms. The third kappa shape index (κ3) is 3.29. The Morgan fingerprint density at radius 2 is 1.84 bits per heavy atom. The zero-order valence-electron chi connectivity index (χ0n) is 11.3. The van der Waals surface area contributed by atoms with Crippen molar-refractivity contribution in [3.63, 3.8) is 0 Å². The molecule has 1 atom stereocenters. The van der Waals surface area contributed by atoms with Crippen LogP contribution in [-0.2, 0) is 20.0 Å². The summed E-state index contributed by atoms with van der Waals surface area (Å²) in [6, 6.07) is -0.387. The van der Waals surface area contributed by atoms with Gasteiger partial charge in [-0.2, -0.15) is 17.0 Å². The molecule has 2 rings (SSSR count). The Morgan fingerprint density at radius 1 is 1.21 bits per heavy atom. The van der Waals surface area contributed by atoms with Crippen LogP contribution < -0.4 is 0 Å². The third-order valence-electron chi connectivity index (χ3n) is 3.87. The Kier molecular flexibility index (Phi) is 4.54. The summed E-state index contributed by atoms with van der Waals surface area (Å²) < 4.78 is 51.1. The van der Waals surface area contributed by atoms with Crippen molar-refractivity contribution in [2.24, 2.45) is 0 Å². The van der Waals surface area contributed by atoms with E-state index in [-0.39, 0.29) is 17.5 Å². The molecule has 19 heavy (non-hydrogen) atoms. The number of hydrogen-bond donors (Lipinski definition) is 0. The van der Waals surface area contributed by atoms with E-state index in [1.807, 2.05) is 0 Å². The van der Waals surface area contributed by atoms with Crippen molar-refractivity contribution in [1.82, 2.24) is 8.61 Å². The molecule has 112 valence electrons. The van der Waals surface area contributed by atoms with Crippen LogP contribution in [0.25, 0.3) is 0 Å². The molecule has 0 aliphatic carbocycles. The predicted molar refractivity (Wildman–Crippen MR) is 73.8 cm³/mol. The zero-order chi connectivity index (χ0) is 14.1. The van der Waals surface area contributed by atoms with Crippen LogP contribution >= 0.6 is 0 Å². The van der Waals surface area contributed by atoms with Crippen molar-refractivity contribution in [2.75, 3.05) is 31.1 Å². The van der Waals surface area contributed by atoms with Crippen LogP contribution in [0.5, 0.6) is 0 Å². The van der Waals surface area contributed by atoms with Gasteiger partial charge in [0.25, 0.3) is 10.2 Å². The SMILES string of the molecule is CCN(C1CCS(=O)(=O)C1)S(=O)(=O)N1CCCCC1. The molecule has 0 N–H and O–H groups in total. The average molecular weight is 310 g/mol. The lowest BCUT2D eigenvalue weighted by Gasteiger charge is -2.34. The number of sulfone groups is 1. The molecule has 2 saturated heterocycles. The average Bonchev–Trinajstić information content (AvgIpc) is 2.71. The Bertz CT molecular complexity index is 509. The molecular formula is C11H22N2O4S2.